The number of rotatable bonds is 6. The van der Waals surface area contributed by atoms with Crippen LogP contribution < -0.4 is 15.4 Å². The molecule has 0 aliphatic carbocycles. The van der Waals surface area contributed by atoms with Gasteiger partial charge in [0.2, 0.25) is 5.91 Å². The predicted octanol–water partition coefficient (Wildman–Crippen LogP) is 2.27. The lowest BCUT2D eigenvalue weighted by atomic mass is 10.1. The molecule has 0 aliphatic heterocycles. The zero-order valence-corrected chi connectivity index (χ0v) is 11.5. The number of ether oxygens (including phenoxy) is 1. The Morgan fingerprint density at radius 1 is 1.22 bits per heavy atom. The maximum atomic E-state index is 11.7. The van der Waals surface area contributed by atoms with Crippen molar-refractivity contribution in [3.63, 3.8) is 0 Å². The van der Waals surface area contributed by atoms with Gasteiger partial charge in [0.15, 0.2) is 0 Å². The van der Waals surface area contributed by atoms with Gasteiger partial charge in [0.25, 0.3) is 0 Å². The van der Waals surface area contributed by atoms with E-state index in [0.717, 1.165) is 11.4 Å². The van der Waals surface area contributed by atoms with E-state index in [4.69, 9.17) is 4.74 Å². The highest BCUT2D eigenvalue weighted by atomic mass is 16.5. The number of amides is 1. The van der Waals surface area contributed by atoms with Crippen LogP contribution in [-0.2, 0) is 4.79 Å². The minimum absolute atomic E-state index is 0.0346. The molecule has 1 aromatic rings. The molecule has 0 radical (unpaired) electrons. The molecular formula is C14H22N2O2. The number of methoxy groups -OCH3 is 1. The van der Waals surface area contributed by atoms with Crippen molar-refractivity contribution in [2.45, 2.75) is 26.8 Å². The Bertz CT molecular complexity index is 374. The SMILES string of the molecule is COc1ccc(NC(=O)CNC(C)C(C)C)cc1. The van der Waals surface area contributed by atoms with Gasteiger partial charge in [-0.15, -0.1) is 0 Å². The van der Waals surface area contributed by atoms with E-state index < -0.39 is 0 Å². The van der Waals surface area contributed by atoms with Crippen molar-refractivity contribution in [1.29, 1.82) is 0 Å². The van der Waals surface area contributed by atoms with E-state index in [1.165, 1.54) is 0 Å². The Balaban J connectivity index is 2.39. The topological polar surface area (TPSA) is 50.4 Å². The molecule has 0 spiro atoms. The molecule has 0 saturated carbocycles. The summed E-state index contributed by atoms with van der Waals surface area (Å²) in [7, 11) is 1.62. The van der Waals surface area contributed by atoms with E-state index in [-0.39, 0.29) is 5.91 Å². The number of hydrogen-bond donors (Lipinski definition) is 2. The monoisotopic (exact) mass is 250 g/mol. The molecule has 1 amide bonds. The molecule has 0 saturated heterocycles. The highest BCUT2D eigenvalue weighted by Gasteiger charge is 2.08. The summed E-state index contributed by atoms with van der Waals surface area (Å²) in [5, 5.41) is 6.02. The fraction of sp³-hybridized carbons (Fsp3) is 0.500. The van der Waals surface area contributed by atoms with Gasteiger partial charge in [-0.2, -0.15) is 0 Å². The lowest BCUT2D eigenvalue weighted by Gasteiger charge is -2.17. The van der Waals surface area contributed by atoms with Gasteiger partial charge in [-0.05, 0) is 37.1 Å². The molecule has 0 aromatic heterocycles. The number of carbonyl (C=O) groups excluding carboxylic acids is 1. The molecule has 4 heteroatoms. The van der Waals surface area contributed by atoms with Crippen molar-refractivity contribution in [2.24, 2.45) is 5.92 Å². The number of benzene rings is 1. The molecule has 2 N–H and O–H groups in total. The van der Waals surface area contributed by atoms with Crippen molar-refractivity contribution < 1.29 is 9.53 Å². The zero-order valence-electron chi connectivity index (χ0n) is 11.5. The summed E-state index contributed by atoms with van der Waals surface area (Å²) in [4.78, 5) is 11.7. The van der Waals surface area contributed by atoms with Gasteiger partial charge in [0.05, 0.1) is 13.7 Å². The maximum Gasteiger partial charge on any atom is 0.238 e. The number of nitrogens with one attached hydrogen (secondary N) is 2. The van der Waals surface area contributed by atoms with Crippen LogP contribution in [0.25, 0.3) is 0 Å². The van der Waals surface area contributed by atoms with Crippen LogP contribution in [0.15, 0.2) is 24.3 Å². The summed E-state index contributed by atoms with van der Waals surface area (Å²) in [6, 6.07) is 7.61. The van der Waals surface area contributed by atoms with E-state index in [2.05, 4.69) is 31.4 Å². The Hall–Kier alpha value is -1.55. The highest BCUT2D eigenvalue weighted by molar-refractivity contribution is 5.92. The van der Waals surface area contributed by atoms with Gasteiger partial charge in [-0.1, -0.05) is 13.8 Å². The van der Waals surface area contributed by atoms with E-state index >= 15 is 0 Å². The third kappa shape index (κ3) is 4.75. The van der Waals surface area contributed by atoms with Crippen LogP contribution in [0.4, 0.5) is 5.69 Å². The second-order valence-electron chi connectivity index (χ2n) is 4.69. The average Bonchev–Trinajstić information content (AvgIpc) is 2.36. The molecule has 0 heterocycles. The first-order chi connectivity index (χ1) is 8.52. The van der Waals surface area contributed by atoms with Gasteiger partial charge >= 0.3 is 0 Å². The zero-order chi connectivity index (χ0) is 13.5. The van der Waals surface area contributed by atoms with Gasteiger partial charge in [0.1, 0.15) is 5.75 Å². The van der Waals surface area contributed by atoms with Crippen LogP contribution >= 0.6 is 0 Å². The van der Waals surface area contributed by atoms with Crippen molar-refractivity contribution in [1.82, 2.24) is 5.32 Å². The quantitative estimate of drug-likeness (QED) is 0.814. The number of hydrogen-bond acceptors (Lipinski definition) is 3. The average molecular weight is 250 g/mol. The maximum absolute atomic E-state index is 11.7. The minimum Gasteiger partial charge on any atom is -0.497 e. The Morgan fingerprint density at radius 3 is 2.33 bits per heavy atom. The predicted molar refractivity (Wildman–Crippen MR) is 73.9 cm³/mol. The lowest BCUT2D eigenvalue weighted by molar-refractivity contribution is -0.115. The first-order valence-corrected chi connectivity index (χ1v) is 6.20. The molecule has 1 aromatic carbocycles. The Labute approximate surface area is 109 Å². The first-order valence-electron chi connectivity index (χ1n) is 6.20. The third-order valence-electron chi connectivity index (χ3n) is 2.96. The summed E-state index contributed by atoms with van der Waals surface area (Å²) >= 11 is 0. The highest BCUT2D eigenvalue weighted by Crippen LogP contribution is 2.14. The Kier molecular flexibility index (Phi) is 5.65. The van der Waals surface area contributed by atoms with Crippen LogP contribution in [0.1, 0.15) is 20.8 Å². The lowest BCUT2D eigenvalue weighted by Crippen LogP contribution is -2.37. The second kappa shape index (κ2) is 7.01. The van der Waals surface area contributed by atoms with Crippen LogP contribution in [-0.4, -0.2) is 25.6 Å². The van der Waals surface area contributed by atoms with E-state index in [1.807, 2.05) is 24.3 Å². The van der Waals surface area contributed by atoms with Gasteiger partial charge in [-0.25, -0.2) is 0 Å². The summed E-state index contributed by atoms with van der Waals surface area (Å²) < 4.78 is 5.05. The summed E-state index contributed by atoms with van der Waals surface area (Å²) in [5.41, 5.74) is 0.778. The minimum atomic E-state index is -0.0346. The van der Waals surface area contributed by atoms with Crippen molar-refractivity contribution in [3.05, 3.63) is 24.3 Å². The Morgan fingerprint density at radius 2 is 1.83 bits per heavy atom. The van der Waals surface area contributed by atoms with Crippen LogP contribution in [0.3, 0.4) is 0 Å². The van der Waals surface area contributed by atoms with Gasteiger partial charge in [-0.3, -0.25) is 4.79 Å². The van der Waals surface area contributed by atoms with Crippen LogP contribution in [0.5, 0.6) is 5.75 Å². The molecule has 0 fully saturated rings. The second-order valence-corrected chi connectivity index (χ2v) is 4.69. The van der Waals surface area contributed by atoms with Gasteiger partial charge in [0, 0.05) is 11.7 Å². The summed E-state index contributed by atoms with van der Waals surface area (Å²) in [6.45, 7) is 6.65. The van der Waals surface area contributed by atoms with Crippen LogP contribution in [0.2, 0.25) is 0 Å². The molecule has 1 unspecified atom stereocenters. The number of carbonyl (C=O) groups is 1. The van der Waals surface area contributed by atoms with Crippen LogP contribution in [0, 0.1) is 5.92 Å². The third-order valence-corrected chi connectivity index (χ3v) is 2.96. The smallest absolute Gasteiger partial charge is 0.238 e. The van der Waals surface area contributed by atoms with Crippen molar-refractivity contribution in [2.75, 3.05) is 19.0 Å². The first kappa shape index (κ1) is 14.5. The standard InChI is InChI=1S/C14H22N2O2/c1-10(2)11(3)15-9-14(17)16-12-5-7-13(18-4)8-6-12/h5-8,10-11,15H,9H2,1-4H3,(H,16,17). The van der Waals surface area contributed by atoms with Crippen molar-refractivity contribution >= 4 is 11.6 Å². The molecule has 0 bridgehead atoms. The molecule has 1 rings (SSSR count). The van der Waals surface area contributed by atoms with Crippen molar-refractivity contribution in [3.8, 4) is 5.75 Å². The number of anilines is 1. The summed E-state index contributed by atoms with van der Waals surface area (Å²) in [5.74, 6) is 1.26. The fourth-order valence-corrected chi connectivity index (χ4v) is 1.37. The van der Waals surface area contributed by atoms with Gasteiger partial charge < -0.3 is 15.4 Å². The molecule has 0 aliphatic rings. The normalized spacial score (nSPS) is 12.3. The molecule has 100 valence electrons. The largest absolute Gasteiger partial charge is 0.497 e. The van der Waals surface area contributed by atoms with E-state index in [0.29, 0.717) is 18.5 Å². The molecule has 1 atom stereocenters. The molecule has 4 nitrogen and oxygen atoms in total. The fourth-order valence-electron chi connectivity index (χ4n) is 1.37. The molecular weight excluding hydrogens is 228 g/mol. The van der Waals surface area contributed by atoms with E-state index in [1.54, 1.807) is 7.11 Å². The molecule has 18 heavy (non-hydrogen) atoms. The summed E-state index contributed by atoms with van der Waals surface area (Å²) in [6.07, 6.45) is 0. The van der Waals surface area contributed by atoms with E-state index in [9.17, 15) is 4.79 Å².